The molecule has 0 aliphatic heterocycles. The highest BCUT2D eigenvalue weighted by Gasteiger charge is 2.16. The first-order valence-corrected chi connectivity index (χ1v) is 20.1. The smallest absolute Gasteiger partial charge is 0.407 e. The molecule has 3 atom stereocenters. The Morgan fingerprint density at radius 1 is 0.492 bits per heavy atom. The van der Waals surface area contributed by atoms with Crippen LogP contribution in [0.1, 0.15) is 97.8 Å². The first-order chi connectivity index (χ1) is 28.2. The lowest BCUT2D eigenvalue weighted by molar-refractivity contribution is 0.0307. The molecule has 0 spiro atoms. The van der Waals surface area contributed by atoms with E-state index in [9.17, 15) is 38.4 Å². The van der Waals surface area contributed by atoms with Gasteiger partial charge >= 0.3 is 47.5 Å². The van der Waals surface area contributed by atoms with Crippen molar-refractivity contribution in [2.75, 3.05) is 46.2 Å². The topological polar surface area (TPSA) is 321 Å². The number of carbonyl (C=O) groups is 5. The quantitative estimate of drug-likeness (QED) is 0.0349. The molecule has 1 aromatic rings. The van der Waals surface area contributed by atoms with Gasteiger partial charge in [-0.1, -0.05) is 38.5 Å². The Morgan fingerprint density at radius 3 is 1.07 bits per heavy atom. The second-order valence-corrected chi connectivity index (χ2v) is 13.8. The summed E-state index contributed by atoms with van der Waals surface area (Å²) < 4.78 is 32.8. The van der Waals surface area contributed by atoms with Crippen molar-refractivity contribution in [2.45, 2.75) is 136 Å². The van der Waals surface area contributed by atoms with E-state index in [1.807, 2.05) is 0 Å². The highest BCUT2D eigenvalue weighted by molar-refractivity contribution is 5.68. The monoisotopic (exact) mass is 847 g/mol. The summed E-state index contributed by atoms with van der Waals surface area (Å²) in [7, 11) is 0. The van der Waals surface area contributed by atoms with E-state index in [-0.39, 0.29) is 46.2 Å². The summed E-state index contributed by atoms with van der Waals surface area (Å²) in [5, 5.41) is 7.88. The fourth-order valence-electron chi connectivity index (χ4n) is 5.48. The fraction of sp³-hybridized carbons (Fsp3) is 0.778. The van der Waals surface area contributed by atoms with E-state index in [1.165, 1.54) is 0 Å². The number of alkyl carbamates (subject to hydrolysis) is 3. The number of nitrogens with two attached hydrogens (primary N) is 3. The second-order valence-electron chi connectivity index (χ2n) is 13.8. The van der Waals surface area contributed by atoms with Crippen LogP contribution in [-0.2, 0) is 48.1 Å². The molecular weight excluding hydrogens is 782 g/mol. The van der Waals surface area contributed by atoms with E-state index in [0.717, 1.165) is 13.7 Å². The van der Waals surface area contributed by atoms with Crippen LogP contribution in [0.5, 0.6) is 0 Å². The van der Waals surface area contributed by atoms with Gasteiger partial charge in [0.2, 0.25) is 0 Å². The number of ether oxygens (including phenoxy) is 6. The molecule has 23 heteroatoms. The van der Waals surface area contributed by atoms with Gasteiger partial charge in [-0.2, -0.15) is 0 Å². The van der Waals surface area contributed by atoms with Crippen LogP contribution in [0.2, 0.25) is 0 Å². The minimum Gasteiger partial charge on any atom is -0.446 e. The third-order valence-corrected chi connectivity index (χ3v) is 8.43. The van der Waals surface area contributed by atoms with Crippen LogP contribution in [0.15, 0.2) is 14.4 Å². The minimum atomic E-state index is -0.970. The van der Waals surface area contributed by atoms with Crippen molar-refractivity contribution >= 4 is 30.5 Å². The van der Waals surface area contributed by atoms with Gasteiger partial charge in [-0.15, -0.1) is 0 Å². The lowest BCUT2D eigenvalue weighted by atomic mass is 10.2. The highest BCUT2D eigenvalue weighted by Crippen LogP contribution is 2.04. The number of hydrogen-bond donors (Lipinski definition) is 6. The van der Waals surface area contributed by atoms with E-state index in [4.69, 9.17) is 36.1 Å². The van der Waals surface area contributed by atoms with E-state index in [1.54, 1.807) is 20.8 Å². The molecular formula is C36H65N9O14. The zero-order valence-corrected chi connectivity index (χ0v) is 34.6. The maximum absolute atomic E-state index is 13.5. The van der Waals surface area contributed by atoms with Gasteiger partial charge in [0.1, 0.15) is 31.5 Å². The van der Waals surface area contributed by atoms with E-state index < -0.39 is 65.8 Å². The van der Waals surface area contributed by atoms with Crippen LogP contribution in [0.3, 0.4) is 0 Å². The summed E-state index contributed by atoms with van der Waals surface area (Å²) in [4.78, 5) is 97.6. The van der Waals surface area contributed by atoms with Crippen molar-refractivity contribution < 1.29 is 52.4 Å². The Balaban J connectivity index is 2.73. The Bertz CT molecular complexity index is 1510. The minimum absolute atomic E-state index is 0.0272. The molecule has 0 saturated carbocycles. The molecule has 5 amide bonds. The predicted molar refractivity (Wildman–Crippen MR) is 213 cm³/mol. The molecule has 0 radical (unpaired) electrons. The van der Waals surface area contributed by atoms with Crippen molar-refractivity contribution in [3.05, 3.63) is 31.5 Å². The molecule has 0 bridgehead atoms. The zero-order chi connectivity index (χ0) is 44.0. The number of aromatic nitrogens is 3. The average molecular weight is 848 g/mol. The van der Waals surface area contributed by atoms with Crippen molar-refractivity contribution in [3.63, 3.8) is 0 Å². The number of carbonyl (C=O) groups excluding carboxylic acids is 5. The molecule has 59 heavy (non-hydrogen) atoms. The van der Waals surface area contributed by atoms with Crippen LogP contribution >= 0.6 is 0 Å². The maximum Gasteiger partial charge on any atom is 0.407 e. The Hall–Kier alpha value is -5.32. The first kappa shape index (κ1) is 51.7. The number of nitrogens with zero attached hydrogens (tertiary/aromatic N) is 3. The van der Waals surface area contributed by atoms with Crippen LogP contribution in [0.4, 0.5) is 24.0 Å². The molecule has 0 aliphatic carbocycles. The van der Waals surface area contributed by atoms with Crippen molar-refractivity contribution in [1.82, 2.24) is 29.7 Å². The molecule has 9 N–H and O–H groups in total. The largest absolute Gasteiger partial charge is 0.446 e. The lowest BCUT2D eigenvalue weighted by Gasteiger charge is -2.15. The van der Waals surface area contributed by atoms with Gasteiger partial charge in [-0.25, -0.2) is 52.1 Å². The Morgan fingerprint density at radius 2 is 0.780 bits per heavy atom. The maximum atomic E-state index is 13.5. The molecule has 1 aromatic heterocycles. The third kappa shape index (κ3) is 24.3. The number of nitrogens with one attached hydrogen (secondary N) is 3. The summed E-state index contributed by atoms with van der Waals surface area (Å²) in [6, 6.07) is 0. The third-order valence-electron chi connectivity index (χ3n) is 8.43. The average Bonchev–Trinajstić information content (AvgIpc) is 3.17. The normalized spacial score (nSPS) is 12.4. The Labute approximate surface area is 342 Å². The number of unbranched alkanes of at least 4 members (excludes halogenated alkanes) is 9. The van der Waals surface area contributed by atoms with E-state index in [2.05, 4.69) is 25.4 Å². The molecule has 0 aromatic carbocycles. The second kappa shape index (κ2) is 30.7. The van der Waals surface area contributed by atoms with Crippen LogP contribution in [0, 0.1) is 0 Å². The fourth-order valence-corrected chi connectivity index (χ4v) is 5.48. The molecule has 338 valence electrons. The Kier molecular flexibility index (Phi) is 26.9. The van der Waals surface area contributed by atoms with Gasteiger partial charge in [0, 0.05) is 39.3 Å². The van der Waals surface area contributed by atoms with Gasteiger partial charge in [-0.3, -0.25) is 0 Å². The van der Waals surface area contributed by atoms with E-state index in [0.29, 0.717) is 96.7 Å². The van der Waals surface area contributed by atoms with Crippen molar-refractivity contribution in [3.8, 4) is 0 Å². The summed E-state index contributed by atoms with van der Waals surface area (Å²) >= 11 is 0. The van der Waals surface area contributed by atoms with Crippen LogP contribution in [-0.4, -0.2) is 109 Å². The van der Waals surface area contributed by atoms with Crippen LogP contribution in [0.25, 0.3) is 0 Å². The molecule has 23 nitrogen and oxygen atoms in total. The summed E-state index contributed by atoms with van der Waals surface area (Å²) in [6.45, 7) is 5.97. The predicted octanol–water partition coefficient (Wildman–Crippen LogP) is 1.32. The van der Waals surface area contributed by atoms with Crippen molar-refractivity contribution in [1.29, 1.82) is 0 Å². The molecule has 1 rings (SSSR count). The number of primary amides is 2. The molecule has 0 saturated heterocycles. The molecule has 3 unspecified atom stereocenters. The summed E-state index contributed by atoms with van der Waals surface area (Å²) in [5.74, 6) is 0. The standard InChI is InChI=1S/C36H65N9O14/c1-26(22-54-25-37)57-31(48)40-16-10-4-7-13-19-43-34(51)44(20-14-8-5-11-17-41-32(49)58-27(2)23-55-29(38)46)36(53)45(35(43)52)21-15-9-6-12-18-42-33(50)59-28(3)24-56-30(39)47/h26-28H,4-25,37H2,1-3H3,(H2,38,46)(H2,39,47)(H,40,48)(H,41,49)(H,42,50). The van der Waals surface area contributed by atoms with Crippen molar-refractivity contribution in [2.24, 2.45) is 17.2 Å². The van der Waals surface area contributed by atoms with Gasteiger partial charge in [0.15, 0.2) is 0 Å². The zero-order valence-electron chi connectivity index (χ0n) is 34.6. The molecule has 1 heterocycles. The highest BCUT2D eigenvalue weighted by atomic mass is 16.6. The van der Waals surface area contributed by atoms with E-state index >= 15 is 0 Å². The molecule has 0 aliphatic rings. The SMILES string of the molecule is CC(COCN)OC(=O)NCCCCCCn1c(=O)n(CCCCCCNC(=O)OC(C)COC(N)=O)c(=O)n(CCCCCCNC(=O)OC(C)COC(N)=O)c1=O. The number of rotatable bonds is 31. The first-order valence-electron chi connectivity index (χ1n) is 20.1. The van der Waals surface area contributed by atoms with Gasteiger partial charge in [0.05, 0.1) is 13.3 Å². The van der Waals surface area contributed by atoms with Gasteiger partial charge in [0.25, 0.3) is 0 Å². The summed E-state index contributed by atoms with van der Waals surface area (Å²) in [5.41, 5.74) is 13.0. The van der Waals surface area contributed by atoms with Gasteiger partial charge in [-0.05, 0) is 59.3 Å². The number of hydrogen-bond acceptors (Lipinski definition) is 15. The van der Waals surface area contributed by atoms with Gasteiger partial charge < -0.3 is 61.6 Å². The van der Waals surface area contributed by atoms with Crippen LogP contribution < -0.4 is 50.2 Å². The number of amides is 5. The molecule has 0 fully saturated rings. The summed E-state index contributed by atoms with van der Waals surface area (Å²) in [6.07, 6.45) is 1.59. The lowest BCUT2D eigenvalue weighted by Crippen LogP contribution is -2.54.